The van der Waals surface area contributed by atoms with Crippen molar-refractivity contribution in [2.75, 3.05) is 6.61 Å². The molecule has 0 amide bonds. The molecule has 3 aromatic rings. The topological polar surface area (TPSA) is 35.5 Å². The molecule has 0 saturated heterocycles. The lowest BCUT2D eigenvalue weighted by atomic mass is 10.1. The fourth-order valence-electron chi connectivity index (χ4n) is 2.24. The summed E-state index contributed by atoms with van der Waals surface area (Å²) < 4.78 is 10.7. The van der Waals surface area contributed by atoms with Gasteiger partial charge in [0, 0.05) is 0 Å². The first-order chi connectivity index (χ1) is 10.7. The molecule has 0 aliphatic carbocycles. The van der Waals surface area contributed by atoms with Crippen LogP contribution >= 0.6 is 0 Å². The van der Waals surface area contributed by atoms with Crippen LogP contribution in [0.3, 0.4) is 0 Å². The Bertz CT molecular complexity index is 808. The highest BCUT2D eigenvalue weighted by Crippen LogP contribution is 2.20. The monoisotopic (exact) mass is 292 g/mol. The Morgan fingerprint density at radius 2 is 1.68 bits per heavy atom. The first-order valence-corrected chi connectivity index (χ1v) is 7.10. The lowest BCUT2D eigenvalue weighted by Gasteiger charge is -2.08. The first-order valence-electron chi connectivity index (χ1n) is 7.10. The largest absolute Gasteiger partial charge is 0.482 e. The quantitative estimate of drug-likeness (QED) is 0.535. The summed E-state index contributed by atoms with van der Waals surface area (Å²) in [5.41, 5.74) is 1.04. The standard InChI is InChI=1S/C19H16O3/c1-14-5-4-8-18(11-14)22-19(20)13-21-17-10-9-15-6-2-3-7-16(15)12-17/h2-12H,13H2,1H3. The molecule has 3 aromatic carbocycles. The number of carbonyl (C=O) groups is 1. The second kappa shape index (κ2) is 6.31. The van der Waals surface area contributed by atoms with E-state index in [9.17, 15) is 4.79 Å². The molecule has 0 aliphatic rings. The van der Waals surface area contributed by atoms with Crippen molar-refractivity contribution in [1.82, 2.24) is 0 Å². The number of hydrogen-bond acceptors (Lipinski definition) is 3. The second-order valence-electron chi connectivity index (χ2n) is 5.09. The van der Waals surface area contributed by atoms with Crippen molar-refractivity contribution >= 4 is 16.7 Å². The van der Waals surface area contributed by atoms with Crippen LogP contribution in [0.25, 0.3) is 10.8 Å². The molecule has 0 radical (unpaired) electrons. The summed E-state index contributed by atoms with van der Waals surface area (Å²) in [6.45, 7) is 1.83. The van der Waals surface area contributed by atoms with Gasteiger partial charge in [0.25, 0.3) is 0 Å². The number of esters is 1. The summed E-state index contributed by atoms with van der Waals surface area (Å²) in [7, 11) is 0. The molecule has 0 bridgehead atoms. The van der Waals surface area contributed by atoms with Gasteiger partial charge >= 0.3 is 5.97 Å². The van der Waals surface area contributed by atoms with Crippen molar-refractivity contribution in [1.29, 1.82) is 0 Å². The van der Waals surface area contributed by atoms with Gasteiger partial charge in [-0.15, -0.1) is 0 Å². The fourth-order valence-corrected chi connectivity index (χ4v) is 2.24. The molecule has 0 saturated carbocycles. The third-order valence-corrected chi connectivity index (χ3v) is 3.30. The molecule has 0 aromatic heterocycles. The van der Waals surface area contributed by atoms with E-state index >= 15 is 0 Å². The van der Waals surface area contributed by atoms with E-state index in [2.05, 4.69) is 0 Å². The van der Waals surface area contributed by atoms with Crippen molar-refractivity contribution in [3.63, 3.8) is 0 Å². The van der Waals surface area contributed by atoms with E-state index in [1.165, 1.54) is 0 Å². The summed E-state index contributed by atoms with van der Waals surface area (Å²) in [6, 6.07) is 21.1. The smallest absolute Gasteiger partial charge is 0.349 e. The Kier molecular flexibility index (Phi) is 4.05. The molecule has 0 spiro atoms. The van der Waals surface area contributed by atoms with Gasteiger partial charge in [0.05, 0.1) is 0 Å². The second-order valence-corrected chi connectivity index (χ2v) is 5.09. The zero-order valence-corrected chi connectivity index (χ0v) is 12.3. The van der Waals surface area contributed by atoms with Gasteiger partial charge in [-0.25, -0.2) is 4.79 Å². The van der Waals surface area contributed by atoms with E-state index in [1.54, 1.807) is 6.07 Å². The van der Waals surface area contributed by atoms with E-state index in [1.807, 2.05) is 67.6 Å². The average molecular weight is 292 g/mol. The maximum Gasteiger partial charge on any atom is 0.349 e. The van der Waals surface area contributed by atoms with Crippen LogP contribution in [0.2, 0.25) is 0 Å². The van der Waals surface area contributed by atoms with Crippen molar-refractivity contribution < 1.29 is 14.3 Å². The van der Waals surface area contributed by atoms with E-state index in [0.717, 1.165) is 16.3 Å². The Morgan fingerprint density at radius 1 is 0.864 bits per heavy atom. The fraction of sp³-hybridized carbons (Fsp3) is 0.105. The highest BCUT2D eigenvalue weighted by molar-refractivity contribution is 5.83. The predicted octanol–water partition coefficient (Wildman–Crippen LogP) is 4.13. The Morgan fingerprint density at radius 3 is 2.50 bits per heavy atom. The van der Waals surface area contributed by atoms with Gasteiger partial charge in [-0.05, 0) is 47.5 Å². The maximum atomic E-state index is 11.8. The molecule has 3 nitrogen and oxygen atoms in total. The number of hydrogen-bond donors (Lipinski definition) is 0. The normalized spacial score (nSPS) is 10.4. The third kappa shape index (κ3) is 3.44. The number of aryl methyl sites for hydroxylation is 1. The van der Waals surface area contributed by atoms with Gasteiger partial charge in [-0.1, -0.05) is 42.5 Å². The van der Waals surface area contributed by atoms with Crippen LogP contribution in [0.5, 0.6) is 11.5 Å². The van der Waals surface area contributed by atoms with Crippen LogP contribution in [-0.2, 0) is 4.79 Å². The molecule has 0 aliphatic heterocycles. The molecule has 3 heteroatoms. The van der Waals surface area contributed by atoms with E-state index in [0.29, 0.717) is 11.5 Å². The molecule has 0 N–H and O–H groups in total. The van der Waals surface area contributed by atoms with Gasteiger partial charge < -0.3 is 9.47 Å². The Balaban J connectivity index is 1.62. The summed E-state index contributed by atoms with van der Waals surface area (Å²) in [5, 5.41) is 2.21. The molecule has 0 heterocycles. The van der Waals surface area contributed by atoms with Gasteiger partial charge in [0.15, 0.2) is 6.61 Å². The van der Waals surface area contributed by atoms with Gasteiger partial charge in [-0.2, -0.15) is 0 Å². The first kappa shape index (κ1) is 14.1. The minimum Gasteiger partial charge on any atom is -0.482 e. The van der Waals surface area contributed by atoms with Crippen molar-refractivity contribution in [2.24, 2.45) is 0 Å². The highest BCUT2D eigenvalue weighted by atomic mass is 16.6. The summed E-state index contributed by atoms with van der Waals surface area (Å²) in [6.07, 6.45) is 0. The van der Waals surface area contributed by atoms with Crippen LogP contribution in [0, 0.1) is 6.92 Å². The Labute approximate surface area is 129 Å². The molecule has 3 rings (SSSR count). The minimum absolute atomic E-state index is 0.119. The van der Waals surface area contributed by atoms with Crippen molar-refractivity contribution in [2.45, 2.75) is 6.92 Å². The van der Waals surface area contributed by atoms with Crippen LogP contribution in [0.15, 0.2) is 66.7 Å². The minimum atomic E-state index is -0.418. The number of benzene rings is 3. The summed E-state index contributed by atoms with van der Waals surface area (Å²) in [5.74, 6) is 0.769. The number of carbonyl (C=O) groups excluding carboxylic acids is 1. The van der Waals surface area contributed by atoms with E-state index in [4.69, 9.17) is 9.47 Å². The lowest BCUT2D eigenvalue weighted by Crippen LogP contribution is -2.17. The molecule has 0 unspecified atom stereocenters. The van der Waals surface area contributed by atoms with Crippen LogP contribution in [0.4, 0.5) is 0 Å². The third-order valence-electron chi connectivity index (χ3n) is 3.30. The number of rotatable bonds is 4. The van der Waals surface area contributed by atoms with Gasteiger partial charge in [0.1, 0.15) is 11.5 Å². The molecule has 22 heavy (non-hydrogen) atoms. The summed E-state index contributed by atoms with van der Waals surface area (Å²) >= 11 is 0. The van der Waals surface area contributed by atoms with Gasteiger partial charge in [-0.3, -0.25) is 0 Å². The van der Waals surface area contributed by atoms with Crippen LogP contribution < -0.4 is 9.47 Å². The van der Waals surface area contributed by atoms with E-state index in [-0.39, 0.29) is 6.61 Å². The highest BCUT2D eigenvalue weighted by Gasteiger charge is 2.06. The Hall–Kier alpha value is -2.81. The number of fused-ring (bicyclic) bond motifs is 1. The van der Waals surface area contributed by atoms with Crippen LogP contribution in [-0.4, -0.2) is 12.6 Å². The average Bonchev–Trinajstić information content (AvgIpc) is 2.53. The van der Waals surface area contributed by atoms with E-state index < -0.39 is 5.97 Å². The molecule has 0 atom stereocenters. The molecule has 0 fully saturated rings. The van der Waals surface area contributed by atoms with Crippen molar-refractivity contribution in [3.8, 4) is 11.5 Å². The SMILES string of the molecule is Cc1cccc(OC(=O)COc2ccc3ccccc3c2)c1. The van der Waals surface area contributed by atoms with Crippen molar-refractivity contribution in [3.05, 3.63) is 72.3 Å². The number of ether oxygens (including phenoxy) is 2. The zero-order chi connectivity index (χ0) is 15.4. The maximum absolute atomic E-state index is 11.8. The lowest BCUT2D eigenvalue weighted by molar-refractivity contribution is -0.136. The molecule has 110 valence electrons. The van der Waals surface area contributed by atoms with Gasteiger partial charge in [0.2, 0.25) is 0 Å². The molecular formula is C19H16O3. The molecular weight excluding hydrogens is 276 g/mol. The van der Waals surface area contributed by atoms with Crippen LogP contribution in [0.1, 0.15) is 5.56 Å². The zero-order valence-electron chi connectivity index (χ0n) is 12.3. The summed E-state index contributed by atoms with van der Waals surface area (Å²) in [4.78, 5) is 11.8. The predicted molar refractivity (Wildman–Crippen MR) is 86.3 cm³/mol.